The molecule has 1 fully saturated rings. The molecule has 0 radical (unpaired) electrons. The number of aliphatic carboxylic acids is 2. The molecule has 1 saturated heterocycles. The number of amides is 3. The molecule has 1 aliphatic heterocycles. The van der Waals surface area contributed by atoms with Crippen LogP contribution in [0.4, 0.5) is 0 Å². The number of nitrogens with one attached hydrogen (secondary N) is 2. The van der Waals surface area contributed by atoms with Crippen molar-refractivity contribution in [1.29, 1.82) is 0 Å². The highest BCUT2D eigenvalue weighted by Gasteiger charge is 2.38. The number of carboxylic acid groups (broad SMARTS) is 2. The summed E-state index contributed by atoms with van der Waals surface area (Å²) < 4.78 is 0. The first-order valence-corrected chi connectivity index (χ1v) is 9.85. The zero-order chi connectivity index (χ0) is 22.3. The lowest BCUT2D eigenvalue weighted by atomic mass is 10.0. The molecule has 1 aliphatic rings. The fourth-order valence-corrected chi connectivity index (χ4v) is 3.28. The Morgan fingerprint density at radius 2 is 1.79 bits per heavy atom. The van der Waals surface area contributed by atoms with Gasteiger partial charge in [0.05, 0.1) is 12.5 Å². The number of carbonyl (C=O) groups excluding carboxylic acids is 3. The molecule has 12 heteroatoms. The van der Waals surface area contributed by atoms with Gasteiger partial charge < -0.3 is 31.5 Å². The number of likely N-dealkylation sites (tertiary alicyclic amines) is 1. The van der Waals surface area contributed by atoms with E-state index in [1.165, 1.54) is 4.90 Å². The quantitative estimate of drug-likeness (QED) is 0.224. The average molecular weight is 432 g/mol. The number of carboxylic acids is 2. The van der Waals surface area contributed by atoms with Gasteiger partial charge in [-0.3, -0.25) is 19.2 Å². The van der Waals surface area contributed by atoms with Crippen LogP contribution in [0.25, 0.3) is 0 Å². The molecular formula is C17H28N4O7S. The molecule has 0 aliphatic carbocycles. The second-order valence-corrected chi connectivity index (χ2v) is 7.57. The van der Waals surface area contributed by atoms with Crippen LogP contribution in [0, 0.1) is 5.92 Å². The fourth-order valence-electron chi connectivity index (χ4n) is 3.02. The van der Waals surface area contributed by atoms with Crippen molar-refractivity contribution in [2.45, 2.75) is 57.3 Å². The number of rotatable bonds is 10. The van der Waals surface area contributed by atoms with Crippen molar-refractivity contribution >= 4 is 42.3 Å². The first-order valence-electron chi connectivity index (χ1n) is 9.21. The van der Waals surface area contributed by atoms with Crippen LogP contribution in [0.15, 0.2) is 0 Å². The Bertz CT molecular complexity index is 658. The van der Waals surface area contributed by atoms with Gasteiger partial charge in [0.25, 0.3) is 0 Å². The van der Waals surface area contributed by atoms with E-state index in [2.05, 4.69) is 23.3 Å². The monoisotopic (exact) mass is 432 g/mol. The normalized spacial score (nSPS) is 19.3. The summed E-state index contributed by atoms with van der Waals surface area (Å²) in [5.74, 6) is -4.83. The van der Waals surface area contributed by atoms with Crippen molar-refractivity contribution in [3.05, 3.63) is 0 Å². The third kappa shape index (κ3) is 6.89. The number of nitrogens with zero attached hydrogens (tertiary/aromatic N) is 1. The Morgan fingerprint density at radius 3 is 2.28 bits per heavy atom. The van der Waals surface area contributed by atoms with Gasteiger partial charge in [0.2, 0.25) is 17.7 Å². The molecule has 4 unspecified atom stereocenters. The van der Waals surface area contributed by atoms with E-state index in [1.54, 1.807) is 13.8 Å². The van der Waals surface area contributed by atoms with Crippen LogP contribution in [-0.4, -0.2) is 81.2 Å². The number of hydrogen-bond acceptors (Lipinski definition) is 7. The number of hydrogen-bond donors (Lipinski definition) is 6. The molecule has 1 rings (SSSR count). The first-order chi connectivity index (χ1) is 13.5. The molecule has 0 saturated carbocycles. The minimum absolute atomic E-state index is 0.0821. The second-order valence-electron chi connectivity index (χ2n) is 7.21. The maximum atomic E-state index is 12.6. The Kier molecular flexibility index (Phi) is 9.37. The third-order valence-electron chi connectivity index (χ3n) is 4.60. The van der Waals surface area contributed by atoms with E-state index < -0.39 is 60.2 Å². The molecular weight excluding hydrogens is 404 g/mol. The summed E-state index contributed by atoms with van der Waals surface area (Å²) in [6.45, 7) is 3.52. The van der Waals surface area contributed by atoms with Crippen molar-refractivity contribution < 1.29 is 34.2 Å². The van der Waals surface area contributed by atoms with Gasteiger partial charge in [-0.15, -0.1) is 0 Å². The molecule has 29 heavy (non-hydrogen) atoms. The number of thiol groups is 1. The maximum Gasteiger partial charge on any atom is 0.326 e. The van der Waals surface area contributed by atoms with E-state index in [-0.39, 0.29) is 18.2 Å². The predicted molar refractivity (Wildman–Crippen MR) is 105 cm³/mol. The summed E-state index contributed by atoms with van der Waals surface area (Å²) >= 11 is 4.04. The van der Waals surface area contributed by atoms with Crippen LogP contribution < -0.4 is 16.4 Å². The molecule has 0 aromatic rings. The van der Waals surface area contributed by atoms with Gasteiger partial charge in [-0.25, -0.2) is 4.79 Å². The van der Waals surface area contributed by atoms with Crippen molar-refractivity contribution in [3.8, 4) is 0 Å². The molecule has 0 aromatic heterocycles. The first kappa shape index (κ1) is 24.7. The summed E-state index contributed by atoms with van der Waals surface area (Å²) in [6, 6.07) is -4.39. The summed E-state index contributed by atoms with van der Waals surface area (Å²) in [5.41, 5.74) is 5.61. The average Bonchev–Trinajstić information content (AvgIpc) is 3.11. The van der Waals surface area contributed by atoms with Crippen molar-refractivity contribution in [2.75, 3.05) is 12.3 Å². The predicted octanol–water partition coefficient (Wildman–Crippen LogP) is -1.58. The molecule has 4 atom stereocenters. The van der Waals surface area contributed by atoms with Gasteiger partial charge in [-0.2, -0.15) is 12.6 Å². The Morgan fingerprint density at radius 1 is 1.17 bits per heavy atom. The SMILES string of the molecule is CC(C)C(NC(=O)C(CS)NC(=O)C1CCCN1C(=O)C(N)CC(=O)O)C(=O)O. The molecule has 164 valence electrons. The van der Waals surface area contributed by atoms with Crippen LogP contribution in [0.3, 0.4) is 0 Å². The molecule has 11 nitrogen and oxygen atoms in total. The zero-order valence-electron chi connectivity index (χ0n) is 16.3. The van der Waals surface area contributed by atoms with E-state index in [9.17, 15) is 29.1 Å². The Balaban J connectivity index is 2.80. The van der Waals surface area contributed by atoms with Gasteiger partial charge in [-0.05, 0) is 18.8 Å². The van der Waals surface area contributed by atoms with Gasteiger partial charge in [0.15, 0.2) is 0 Å². The van der Waals surface area contributed by atoms with Crippen LogP contribution >= 0.6 is 12.6 Å². The zero-order valence-corrected chi connectivity index (χ0v) is 17.2. The smallest absolute Gasteiger partial charge is 0.326 e. The van der Waals surface area contributed by atoms with E-state index in [0.29, 0.717) is 12.8 Å². The lowest BCUT2D eigenvalue weighted by molar-refractivity contribution is -0.144. The highest BCUT2D eigenvalue weighted by atomic mass is 32.1. The Hall–Kier alpha value is -2.34. The van der Waals surface area contributed by atoms with Crippen molar-refractivity contribution in [3.63, 3.8) is 0 Å². The summed E-state index contributed by atoms with van der Waals surface area (Å²) in [7, 11) is 0. The fraction of sp³-hybridized carbons (Fsp3) is 0.706. The maximum absolute atomic E-state index is 12.6. The summed E-state index contributed by atoms with van der Waals surface area (Å²) in [4.78, 5) is 60.6. The van der Waals surface area contributed by atoms with E-state index >= 15 is 0 Å². The molecule has 3 amide bonds. The van der Waals surface area contributed by atoms with Crippen LogP contribution in [0.1, 0.15) is 33.1 Å². The van der Waals surface area contributed by atoms with Crippen molar-refractivity contribution in [1.82, 2.24) is 15.5 Å². The van der Waals surface area contributed by atoms with E-state index in [4.69, 9.17) is 10.8 Å². The largest absolute Gasteiger partial charge is 0.481 e. The molecule has 0 aromatic carbocycles. The summed E-state index contributed by atoms with van der Waals surface area (Å²) in [6.07, 6.45) is 0.301. The highest BCUT2D eigenvalue weighted by Crippen LogP contribution is 2.19. The van der Waals surface area contributed by atoms with E-state index in [1.807, 2.05) is 0 Å². The molecule has 1 heterocycles. The highest BCUT2D eigenvalue weighted by molar-refractivity contribution is 7.80. The molecule has 0 spiro atoms. The Labute approximate surface area is 173 Å². The minimum Gasteiger partial charge on any atom is -0.481 e. The topological polar surface area (TPSA) is 179 Å². The third-order valence-corrected chi connectivity index (χ3v) is 4.96. The minimum atomic E-state index is -1.27. The van der Waals surface area contributed by atoms with Crippen LogP contribution in [0.2, 0.25) is 0 Å². The lowest BCUT2D eigenvalue weighted by Gasteiger charge is -2.28. The lowest BCUT2D eigenvalue weighted by Crippen LogP contribution is -2.57. The second kappa shape index (κ2) is 11.0. The van der Waals surface area contributed by atoms with E-state index in [0.717, 1.165) is 0 Å². The molecule has 6 N–H and O–H groups in total. The van der Waals surface area contributed by atoms with Gasteiger partial charge >= 0.3 is 11.9 Å². The molecule has 0 bridgehead atoms. The standard InChI is InChI=1S/C17H28N4O7S/c1-8(2)13(17(27)28)20-14(24)10(7-29)19-15(25)11-4-3-5-21(11)16(26)9(18)6-12(22)23/h8-11,13,29H,3-7,18H2,1-2H3,(H,19,25)(H,20,24)(H,22,23)(H,27,28). The van der Waals surface area contributed by atoms with Crippen LogP contribution in [0.5, 0.6) is 0 Å². The number of nitrogens with two attached hydrogens (primary N) is 1. The van der Waals surface area contributed by atoms with Gasteiger partial charge in [0, 0.05) is 12.3 Å². The van der Waals surface area contributed by atoms with Gasteiger partial charge in [-0.1, -0.05) is 13.8 Å². The number of carbonyl (C=O) groups is 5. The summed E-state index contributed by atoms with van der Waals surface area (Å²) in [5, 5.41) is 22.8. The van der Waals surface area contributed by atoms with Crippen molar-refractivity contribution in [2.24, 2.45) is 11.7 Å². The van der Waals surface area contributed by atoms with Gasteiger partial charge in [0.1, 0.15) is 18.1 Å². The van der Waals surface area contributed by atoms with Crippen LogP contribution in [-0.2, 0) is 24.0 Å².